The van der Waals surface area contributed by atoms with E-state index in [1.165, 1.54) is 6.92 Å². The SMILES string of the molecule is COc1ccc2nccc([C@@H](OC(C)=O)[C@@H]3CC4CCN3CC4(O)C(C)O)c2c1. The molecule has 6 atom stereocenters. The first-order valence-corrected chi connectivity index (χ1v) is 10.1. The number of esters is 1. The summed E-state index contributed by atoms with van der Waals surface area (Å²) in [7, 11) is 1.61. The molecule has 3 aliphatic heterocycles. The third kappa shape index (κ3) is 3.47. The van der Waals surface area contributed by atoms with E-state index >= 15 is 0 Å². The minimum absolute atomic E-state index is 0.0433. The lowest BCUT2D eigenvalue weighted by atomic mass is 9.68. The van der Waals surface area contributed by atoms with Crippen molar-refractivity contribution in [1.29, 1.82) is 0 Å². The minimum Gasteiger partial charge on any atom is -0.497 e. The molecule has 1 aromatic carbocycles. The fourth-order valence-corrected chi connectivity index (χ4v) is 4.99. The zero-order chi connectivity index (χ0) is 20.8. The summed E-state index contributed by atoms with van der Waals surface area (Å²) >= 11 is 0. The molecule has 4 heterocycles. The molecule has 0 radical (unpaired) electrons. The van der Waals surface area contributed by atoms with Crippen LogP contribution in [0.3, 0.4) is 0 Å². The highest BCUT2D eigenvalue weighted by Crippen LogP contribution is 2.46. The number of pyridine rings is 1. The number of piperidine rings is 3. The summed E-state index contributed by atoms with van der Waals surface area (Å²) in [5, 5.41) is 22.0. The first-order valence-electron chi connectivity index (χ1n) is 10.1. The highest BCUT2D eigenvalue weighted by atomic mass is 16.5. The molecule has 3 saturated heterocycles. The number of benzene rings is 1. The maximum absolute atomic E-state index is 12.0. The van der Waals surface area contributed by atoms with E-state index in [4.69, 9.17) is 9.47 Å². The first kappa shape index (κ1) is 20.1. The molecule has 0 amide bonds. The zero-order valence-corrected chi connectivity index (χ0v) is 17.0. The molecule has 3 fully saturated rings. The van der Waals surface area contributed by atoms with E-state index in [1.807, 2.05) is 24.3 Å². The Morgan fingerprint density at radius 3 is 2.79 bits per heavy atom. The molecule has 29 heavy (non-hydrogen) atoms. The number of aliphatic hydroxyl groups is 2. The fourth-order valence-electron chi connectivity index (χ4n) is 4.99. The topological polar surface area (TPSA) is 92.1 Å². The molecule has 0 spiro atoms. The Morgan fingerprint density at radius 1 is 1.38 bits per heavy atom. The summed E-state index contributed by atoms with van der Waals surface area (Å²) in [5.41, 5.74) is 0.554. The largest absolute Gasteiger partial charge is 0.497 e. The van der Waals surface area contributed by atoms with Gasteiger partial charge in [0.05, 0.1) is 24.8 Å². The van der Waals surface area contributed by atoms with Crippen LogP contribution in [0.5, 0.6) is 5.75 Å². The molecule has 5 rings (SSSR count). The summed E-state index contributed by atoms with van der Waals surface area (Å²) < 4.78 is 11.2. The predicted octanol–water partition coefficient (Wildman–Crippen LogP) is 2.05. The standard InChI is InChI=1S/C22H28N2O5/c1-13(25)22(27)12-24-9-7-15(22)10-20(24)21(29-14(2)26)17-6-8-23-19-5-4-16(28-3)11-18(17)19/h4-6,8,11,13,15,20-21,25,27H,7,9-10,12H2,1-3H3/t13?,15?,20-,21+,22?/m0/s1. The predicted molar refractivity (Wildman–Crippen MR) is 108 cm³/mol. The van der Waals surface area contributed by atoms with Gasteiger partial charge < -0.3 is 19.7 Å². The van der Waals surface area contributed by atoms with E-state index in [0.29, 0.717) is 18.7 Å². The van der Waals surface area contributed by atoms with Crippen molar-refractivity contribution < 1.29 is 24.5 Å². The van der Waals surface area contributed by atoms with Crippen LogP contribution < -0.4 is 4.74 Å². The van der Waals surface area contributed by atoms with Crippen molar-refractivity contribution in [3.8, 4) is 5.75 Å². The number of hydrogen-bond donors (Lipinski definition) is 2. The van der Waals surface area contributed by atoms with E-state index in [2.05, 4.69) is 9.88 Å². The Bertz CT molecular complexity index is 917. The van der Waals surface area contributed by atoms with Crippen LogP contribution in [0.2, 0.25) is 0 Å². The van der Waals surface area contributed by atoms with Gasteiger partial charge in [0.1, 0.15) is 17.5 Å². The van der Waals surface area contributed by atoms with E-state index in [1.54, 1.807) is 20.2 Å². The maximum Gasteiger partial charge on any atom is 0.303 e. The maximum atomic E-state index is 12.0. The van der Waals surface area contributed by atoms with Gasteiger partial charge in [0.25, 0.3) is 0 Å². The van der Waals surface area contributed by atoms with E-state index in [9.17, 15) is 15.0 Å². The van der Waals surface area contributed by atoms with Crippen molar-refractivity contribution in [1.82, 2.24) is 9.88 Å². The Labute approximate surface area is 170 Å². The van der Waals surface area contributed by atoms with Gasteiger partial charge in [-0.1, -0.05) is 0 Å². The Kier molecular flexibility index (Phi) is 5.23. The molecule has 7 heteroatoms. The number of aliphatic hydroxyl groups excluding tert-OH is 1. The van der Waals surface area contributed by atoms with Gasteiger partial charge in [0, 0.05) is 30.6 Å². The van der Waals surface area contributed by atoms with Gasteiger partial charge in [-0.25, -0.2) is 0 Å². The number of aromatic nitrogens is 1. The average Bonchev–Trinajstić information content (AvgIpc) is 2.71. The summed E-state index contributed by atoms with van der Waals surface area (Å²) in [4.78, 5) is 18.6. The van der Waals surface area contributed by atoms with Crippen LogP contribution in [0.4, 0.5) is 0 Å². The number of rotatable bonds is 5. The number of carbonyl (C=O) groups excluding carboxylic acids is 1. The van der Waals surface area contributed by atoms with Gasteiger partial charge in [-0.2, -0.15) is 0 Å². The lowest BCUT2D eigenvalue weighted by Gasteiger charge is -2.56. The molecule has 2 aromatic rings. The molecule has 1 aromatic heterocycles. The van der Waals surface area contributed by atoms with Crippen LogP contribution in [-0.4, -0.2) is 64.0 Å². The summed E-state index contributed by atoms with van der Waals surface area (Å²) in [5.74, 6) is 0.316. The smallest absolute Gasteiger partial charge is 0.303 e. The van der Waals surface area contributed by atoms with Crippen LogP contribution in [0.15, 0.2) is 30.5 Å². The van der Waals surface area contributed by atoms with Crippen LogP contribution in [0.1, 0.15) is 38.4 Å². The normalized spacial score (nSPS) is 30.7. The Hall–Kier alpha value is -2.22. The number of fused-ring (bicyclic) bond motifs is 4. The number of carbonyl (C=O) groups is 1. The minimum atomic E-state index is -1.13. The molecular weight excluding hydrogens is 372 g/mol. The van der Waals surface area contributed by atoms with Crippen LogP contribution in [0.25, 0.3) is 10.9 Å². The van der Waals surface area contributed by atoms with Gasteiger partial charge >= 0.3 is 5.97 Å². The molecule has 2 N–H and O–H groups in total. The Morgan fingerprint density at radius 2 is 2.17 bits per heavy atom. The summed E-state index contributed by atoms with van der Waals surface area (Å²) in [6, 6.07) is 7.47. The van der Waals surface area contributed by atoms with Gasteiger partial charge in [-0.15, -0.1) is 0 Å². The highest BCUT2D eigenvalue weighted by molar-refractivity contribution is 5.84. The van der Waals surface area contributed by atoms with Gasteiger partial charge in [0.2, 0.25) is 0 Å². The van der Waals surface area contributed by atoms with Crippen molar-refractivity contribution >= 4 is 16.9 Å². The number of methoxy groups -OCH3 is 1. The van der Waals surface area contributed by atoms with Gasteiger partial charge in [-0.05, 0) is 56.5 Å². The lowest BCUT2D eigenvalue weighted by molar-refractivity contribution is -0.199. The van der Waals surface area contributed by atoms with Crippen molar-refractivity contribution in [3.63, 3.8) is 0 Å². The molecule has 4 unspecified atom stereocenters. The van der Waals surface area contributed by atoms with Crippen molar-refractivity contribution in [2.75, 3.05) is 20.2 Å². The number of ether oxygens (including phenoxy) is 2. The molecule has 2 bridgehead atoms. The lowest BCUT2D eigenvalue weighted by Crippen LogP contribution is -2.67. The van der Waals surface area contributed by atoms with Crippen molar-refractivity contribution in [2.45, 2.75) is 50.5 Å². The summed E-state index contributed by atoms with van der Waals surface area (Å²) in [6.07, 6.45) is 1.88. The van der Waals surface area contributed by atoms with Crippen LogP contribution >= 0.6 is 0 Å². The number of nitrogens with zero attached hydrogens (tertiary/aromatic N) is 2. The molecule has 3 aliphatic rings. The first-order chi connectivity index (χ1) is 13.8. The molecular formula is C22H28N2O5. The molecule has 156 valence electrons. The molecule has 0 saturated carbocycles. The monoisotopic (exact) mass is 400 g/mol. The van der Waals surface area contributed by atoms with E-state index in [-0.39, 0.29) is 17.9 Å². The van der Waals surface area contributed by atoms with Crippen molar-refractivity contribution in [2.24, 2.45) is 5.92 Å². The fraction of sp³-hybridized carbons (Fsp3) is 0.545. The zero-order valence-electron chi connectivity index (χ0n) is 17.0. The van der Waals surface area contributed by atoms with E-state index < -0.39 is 17.8 Å². The third-order valence-electron chi connectivity index (χ3n) is 6.58. The molecule has 7 nitrogen and oxygen atoms in total. The van der Waals surface area contributed by atoms with E-state index in [0.717, 1.165) is 29.4 Å². The number of hydrogen-bond acceptors (Lipinski definition) is 7. The van der Waals surface area contributed by atoms with Crippen molar-refractivity contribution in [3.05, 3.63) is 36.0 Å². The second-order valence-electron chi connectivity index (χ2n) is 8.24. The second kappa shape index (κ2) is 7.55. The average molecular weight is 400 g/mol. The Balaban J connectivity index is 1.76. The summed E-state index contributed by atoms with van der Waals surface area (Å²) in [6.45, 7) is 4.22. The quantitative estimate of drug-likeness (QED) is 0.742. The van der Waals surface area contributed by atoms with Gasteiger partial charge in [0.15, 0.2) is 0 Å². The third-order valence-corrected chi connectivity index (χ3v) is 6.58. The molecule has 0 aliphatic carbocycles. The van der Waals surface area contributed by atoms with Crippen LogP contribution in [-0.2, 0) is 9.53 Å². The van der Waals surface area contributed by atoms with Crippen LogP contribution in [0, 0.1) is 5.92 Å². The highest BCUT2D eigenvalue weighted by Gasteiger charge is 2.54. The van der Waals surface area contributed by atoms with Gasteiger partial charge in [-0.3, -0.25) is 14.7 Å². The second-order valence-corrected chi connectivity index (χ2v) is 8.24.